The van der Waals surface area contributed by atoms with Gasteiger partial charge in [0.15, 0.2) is 0 Å². The summed E-state index contributed by atoms with van der Waals surface area (Å²) in [6, 6.07) is 2.49. The zero-order chi connectivity index (χ0) is 13.3. The lowest BCUT2D eigenvalue weighted by atomic mass is 10.1. The Morgan fingerprint density at radius 1 is 1.17 bits per heavy atom. The second-order valence-electron chi connectivity index (χ2n) is 3.80. The molecule has 7 heteroatoms. The summed E-state index contributed by atoms with van der Waals surface area (Å²) in [6.45, 7) is 1.87. The summed E-state index contributed by atoms with van der Waals surface area (Å²) in [4.78, 5) is 0. The number of rotatable bonds is 3. The molecule has 0 unspecified atom stereocenters. The monoisotopic (exact) mass is 259 g/mol. The van der Waals surface area contributed by atoms with E-state index in [0.29, 0.717) is 5.56 Å². The van der Waals surface area contributed by atoms with Gasteiger partial charge in [-0.3, -0.25) is 0 Å². The second-order valence-corrected chi connectivity index (χ2v) is 3.80. The highest BCUT2D eigenvalue weighted by Gasteiger charge is 2.44. The maximum Gasteiger partial charge on any atom is 0.404 e. The van der Waals surface area contributed by atoms with Gasteiger partial charge in [-0.2, -0.15) is 13.5 Å². The highest BCUT2D eigenvalue weighted by Crippen LogP contribution is 2.29. The van der Waals surface area contributed by atoms with Crippen LogP contribution >= 0.6 is 0 Å². The van der Waals surface area contributed by atoms with Crippen molar-refractivity contribution < 1.29 is 17.6 Å². The van der Waals surface area contributed by atoms with Crippen LogP contribution in [0.5, 0.6) is 0 Å². The number of hydrogen-bond acceptors (Lipinski definition) is 2. The largest absolute Gasteiger partial charge is 0.404 e. The van der Waals surface area contributed by atoms with Crippen LogP contribution in [0.3, 0.4) is 0 Å². The number of nitrogens with zero attached hydrogens (tertiary/aromatic N) is 3. The summed E-state index contributed by atoms with van der Waals surface area (Å²) < 4.78 is 50.1. The number of alkyl halides is 4. The van der Waals surface area contributed by atoms with E-state index < -0.39 is 12.5 Å². The molecule has 0 spiro atoms. The third-order valence-electron chi connectivity index (χ3n) is 2.41. The van der Waals surface area contributed by atoms with Crippen molar-refractivity contribution in [2.45, 2.75) is 19.4 Å². The average molecular weight is 259 g/mol. The molecule has 0 atom stereocenters. The number of benzene rings is 1. The molecular formula is C11H9F4N3. The zero-order valence-electron chi connectivity index (χ0n) is 9.32. The van der Waals surface area contributed by atoms with Crippen LogP contribution in [0.1, 0.15) is 5.56 Å². The first-order chi connectivity index (χ1) is 8.41. The zero-order valence-corrected chi connectivity index (χ0v) is 9.32. The molecule has 1 heterocycles. The highest BCUT2D eigenvalue weighted by atomic mass is 19.3. The Morgan fingerprint density at radius 3 is 2.33 bits per heavy atom. The van der Waals surface area contributed by atoms with Crippen LogP contribution in [0.2, 0.25) is 0 Å². The molecule has 1 aromatic heterocycles. The minimum atomic E-state index is -4.35. The van der Waals surface area contributed by atoms with E-state index in [-0.39, 0.29) is 10.4 Å². The molecule has 3 nitrogen and oxygen atoms in total. The number of aryl methyl sites for hydroxylation is 1. The van der Waals surface area contributed by atoms with Crippen LogP contribution < -0.4 is 0 Å². The fraction of sp³-hybridized carbons (Fsp3) is 0.273. The molecule has 96 valence electrons. The molecular weight excluding hydrogens is 250 g/mol. The number of hydrogen-bond donors (Lipinski definition) is 0. The van der Waals surface area contributed by atoms with Crippen LogP contribution in [0.15, 0.2) is 30.5 Å². The van der Waals surface area contributed by atoms with Gasteiger partial charge in [-0.15, -0.1) is 5.10 Å². The Balaban J connectivity index is 2.34. The van der Waals surface area contributed by atoms with Crippen molar-refractivity contribution in [1.29, 1.82) is 0 Å². The van der Waals surface area contributed by atoms with Gasteiger partial charge in [0.25, 0.3) is 0 Å². The molecule has 0 aliphatic carbocycles. The topological polar surface area (TPSA) is 30.7 Å². The van der Waals surface area contributed by atoms with Crippen LogP contribution in [0.4, 0.5) is 17.6 Å². The van der Waals surface area contributed by atoms with Gasteiger partial charge in [-0.1, -0.05) is 35.0 Å². The van der Waals surface area contributed by atoms with Gasteiger partial charge < -0.3 is 0 Å². The first-order valence-electron chi connectivity index (χ1n) is 5.07. The Bertz CT molecular complexity index is 533. The summed E-state index contributed by atoms with van der Waals surface area (Å²) in [7, 11) is 0. The molecule has 18 heavy (non-hydrogen) atoms. The van der Waals surface area contributed by atoms with E-state index in [1.54, 1.807) is 24.3 Å². The molecule has 1 aromatic carbocycles. The van der Waals surface area contributed by atoms with Gasteiger partial charge >= 0.3 is 12.5 Å². The van der Waals surface area contributed by atoms with E-state index in [0.717, 1.165) is 11.8 Å². The Hall–Kier alpha value is -1.92. The van der Waals surface area contributed by atoms with Crippen LogP contribution in [-0.4, -0.2) is 21.4 Å². The van der Waals surface area contributed by atoms with Gasteiger partial charge in [-0.25, -0.2) is 8.78 Å². The van der Waals surface area contributed by atoms with Crippen LogP contribution in [-0.2, 0) is 6.05 Å². The first kappa shape index (κ1) is 12.5. The van der Waals surface area contributed by atoms with Gasteiger partial charge in [0, 0.05) is 5.56 Å². The van der Waals surface area contributed by atoms with E-state index >= 15 is 0 Å². The van der Waals surface area contributed by atoms with E-state index in [1.165, 1.54) is 0 Å². The quantitative estimate of drug-likeness (QED) is 0.793. The summed E-state index contributed by atoms with van der Waals surface area (Å²) in [5.41, 5.74) is 1.65. The molecule has 2 aromatic rings. The minimum Gasteiger partial charge on any atom is -0.201 e. The van der Waals surface area contributed by atoms with E-state index in [9.17, 15) is 17.6 Å². The van der Waals surface area contributed by atoms with Crippen molar-refractivity contribution in [2.75, 3.05) is 0 Å². The van der Waals surface area contributed by atoms with Crippen molar-refractivity contribution in [3.8, 4) is 11.3 Å². The average Bonchev–Trinajstić information content (AvgIpc) is 2.79. The molecule has 2 rings (SSSR count). The first-order valence-corrected chi connectivity index (χ1v) is 5.07. The molecule has 0 amide bonds. The normalized spacial score (nSPS) is 12.1. The molecule has 0 fully saturated rings. The van der Waals surface area contributed by atoms with Gasteiger partial charge in [-0.05, 0) is 6.92 Å². The lowest BCUT2D eigenvalue weighted by Crippen LogP contribution is -2.31. The van der Waals surface area contributed by atoms with Crippen molar-refractivity contribution in [3.63, 3.8) is 0 Å². The van der Waals surface area contributed by atoms with Gasteiger partial charge in [0.1, 0.15) is 5.69 Å². The number of aromatic nitrogens is 3. The van der Waals surface area contributed by atoms with Crippen molar-refractivity contribution in [2.24, 2.45) is 0 Å². The maximum atomic E-state index is 13.0. The molecule has 0 radical (unpaired) electrons. The summed E-state index contributed by atoms with van der Waals surface area (Å²) >= 11 is 0. The van der Waals surface area contributed by atoms with Crippen molar-refractivity contribution in [1.82, 2.24) is 15.0 Å². The Kier molecular flexibility index (Phi) is 3.06. The minimum absolute atomic E-state index is 0.118. The van der Waals surface area contributed by atoms with Gasteiger partial charge in [0.05, 0.1) is 6.20 Å². The lowest BCUT2D eigenvalue weighted by Gasteiger charge is -2.13. The third-order valence-corrected chi connectivity index (χ3v) is 2.41. The third kappa shape index (κ3) is 2.20. The highest BCUT2D eigenvalue weighted by molar-refractivity contribution is 5.57. The summed E-state index contributed by atoms with van der Waals surface area (Å²) in [5.74, 6) is 0. The van der Waals surface area contributed by atoms with Crippen molar-refractivity contribution >= 4 is 0 Å². The smallest absolute Gasteiger partial charge is 0.201 e. The van der Waals surface area contributed by atoms with E-state index in [2.05, 4.69) is 10.3 Å². The second kappa shape index (κ2) is 4.40. The number of halogens is 4. The molecule has 0 bridgehead atoms. The van der Waals surface area contributed by atoms with Crippen molar-refractivity contribution in [3.05, 3.63) is 36.0 Å². The SMILES string of the molecule is Cc1ccc(-c2cn(C(F)(F)C(F)F)nn2)cc1. The predicted molar refractivity (Wildman–Crippen MR) is 56.4 cm³/mol. The maximum absolute atomic E-state index is 13.0. The summed E-state index contributed by atoms with van der Waals surface area (Å²) in [6.07, 6.45) is -3.03. The molecule has 0 saturated carbocycles. The molecule has 0 aliphatic rings. The standard InChI is InChI=1S/C11H9F4N3/c1-7-2-4-8(5-3-7)9-6-18(17-16-9)11(14,15)10(12)13/h2-6,10H,1H3. The lowest BCUT2D eigenvalue weighted by molar-refractivity contribution is -0.197. The predicted octanol–water partition coefficient (Wildman–Crippen LogP) is 3.07. The fourth-order valence-corrected chi connectivity index (χ4v) is 1.37. The van der Waals surface area contributed by atoms with Gasteiger partial charge in [0.2, 0.25) is 0 Å². The van der Waals surface area contributed by atoms with E-state index in [1.807, 2.05) is 6.92 Å². The van der Waals surface area contributed by atoms with E-state index in [4.69, 9.17) is 0 Å². The van der Waals surface area contributed by atoms with Crippen LogP contribution in [0.25, 0.3) is 11.3 Å². The molecule has 0 saturated heterocycles. The Labute approximate surface area is 100 Å². The molecule has 0 N–H and O–H groups in total. The molecule has 0 aliphatic heterocycles. The summed E-state index contributed by atoms with van der Waals surface area (Å²) in [5, 5.41) is 6.51. The fourth-order valence-electron chi connectivity index (χ4n) is 1.37. The Morgan fingerprint density at radius 2 is 1.78 bits per heavy atom. The van der Waals surface area contributed by atoms with Crippen LogP contribution in [0, 0.1) is 6.92 Å².